The maximum absolute atomic E-state index is 12.7. The van der Waals surface area contributed by atoms with Crippen LogP contribution >= 0.6 is 0 Å². The van der Waals surface area contributed by atoms with Gasteiger partial charge in [-0.1, -0.05) is 25.3 Å². The molecular formula is C34H38N4O2. The Morgan fingerprint density at radius 3 is 2.50 bits per heavy atom. The molecule has 1 unspecified atom stereocenters. The van der Waals surface area contributed by atoms with Crippen molar-refractivity contribution in [2.75, 3.05) is 17.2 Å². The fourth-order valence-electron chi connectivity index (χ4n) is 7.25. The molecule has 0 radical (unpaired) electrons. The largest absolute Gasteiger partial charge is 0.478 e. The zero-order valence-electron chi connectivity index (χ0n) is 23.5. The van der Waals surface area contributed by atoms with Crippen molar-refractivity contribution in [2.24, 2.45) is 0 Å². The fraction of sp³-hybridized carbons (Fsp3) is 0.412. The van der Waals surface area contributed by atoms with E-state index in [-0.39, 0.29) is 0 Å². The summed E-state index contributed by atoms with van der Waals surface area (Å²) in [6.45, 7) is 5.15. The van der Waals surface area contributed by atoms with Crippen LogP contribution < -0.4 is 10.6 Å². The molecule has 4 aromatic rings. The summed E-state index contributed by atoms with van der Waals surface area (Å²) in [5.41, 5.74) is 10.8. The van der Waals surface area contributed by atoms with Crippen LogP contribution in [0.25, 0.3) is 33.5 Å². The summed E-state index contributed by atoms with van der Waals surface area (Å²) >= 11 is 0. The van der Waals surface area contributed by atoms with Crippen LogP contribution in [0.2, 0.25) is 0 Å². The molecule has 3 N–H and O–H groups in total. The molecule has 1 aromatic heterocycles. The van der Waals surface area contributed by atoms with E-state index in [4.69, 9.17) is 4.98 Å². The number of aromatic carboxylic acids is 1. The normalized spacial score (nSPS) is 19.0. The second kappa shape index (κ2) is 9.99. The van der Waals surface area contributed by atoms with E-state index in [0.717, 1.165) is 89.9 Å². The van der Waals surface area contributed by atoms with Gasteiger partial charge in [0, 0.05) is 41.1 Å². The summed E-state index contributed by atoms with van der Waals surface area (Å²) in [4.78, 5) is 18.1. The van der Waals surface area contributed by atoms with Crippen LogP contribution in [0.3, 0.4) is 0 Å². The highest BCUT2D eigenvalue weighted by atomic mass is 16.4. The van der Waals surface area contributed by atoms with E-state index in [1.54, 1.807) is 0 Å². The van der Waals surface area contributed by atoms with Crippen molar-refractivity contribution in [1.29, 1.82) is 0 Å². The Kier molecular flexibility index (Phi) is 6.29. The van der Waals surface area contributed by atoms with Crippen molar-refractivity contribution >= 4 is 28.4 Å². The predicted octanol–water partition coefficient (Wildman–Crippen LogP) is 7.99. The van der Waals surface area contributed by atoms with Crippen LogP contribution in [0.5, 0.6) is 0 Å². The van der Waals surface area contributed by atoms with Gasteiger partial charge in [-0.15, -0.1) is 0 Å². The molecule has 3 aromatic carbocycles. The molecule has 6 heteroatoms. The van der Waals surface area contributed by atoms with Crippen LogP contribution in [0.15, 0.2) is 42.5 Å². The summed E-state index contributed by atoms with van der Waals surface area (Å²) < 4.78 is 2.46. The number of anilines is 2. The number of nitrogens with zero attached hydrogens (tertiary/aromatic N) is 2. The summed E-state index contributed by atoms with van der Waals surface area (Å²) in [5, 5.41) is 17.6. The molecule has 0 amide bonds. The van der Waals surface area contributed by atoms with Gasteiger partial charge in [0.15, 0.2) is 0 Å². The minimum Gasteiger partial charge on any atom is -0.478 e. The fourth-order valence-corrected chi connectivity index (χ4v) is 7.25. The number of hydrogen-bond donors (Lipinski definition) is 3. The first-order valence-corrected chi connectivity index (χ1v) is 15.0. The number of hydrogen-bond acceptors (Lipinski definition) is 4. The van der Waals surface area contributed by atoms with Crippen molar-refractivity contribution in [3.05, 3.63) is 64.7 Å². The van der Waals surface area contributed by atoms with Crippen LogP contribution in [0.4, 0.5) is 11.4 Å². The molecule has 2 aliphatic heterocycles. The average molecular weight is 535 g/mol. The van der Waals surface area contributed by atoms with Gasteiger partial charge in [-0.05, 0) is 111 Å². The topological polar surface area (TPSA) is 79.2 Å². The van der Waals surface area contributed by atoms with Crippen molar-refractivity contribution in [3.63, 3.8) is 0 Å². The Morgan fingerprint density at radius 1 is 0.925 bits per heavy atom. The van der Waals surface area contributed by atoms with E-state index in [0.29, 0.717) is 17.6 Å². The number of carboxylic acid groups (broad SMARTS) is 1. The Labute approximate surface area is 235 Å². The lowest BCUT2D eigenvalue weighted by atomic mass is 9.91. The SMILES string of the molecule is Cc1cc2c(nc(-c3ccc4c(c3)CCC(C)N4)n2C2CCCCC2)c(-c2ccc3c(c2)CCCN3)c1C(=O)O. The molecule has 1 saturated carbocycles. The van der Waals surface area contributed by atoms with Gasteiger partial charge in [-0.2, -0.15) is 0 Å². The maximum Gasteiger partial charge on any atom is 0.336 e. The smallest absolute Gasteiger partial charge is 0.336 e. The van der Waals surface area contributed by atoms with Crippen molar-refractivity contribution < 1.29 is 9.90 Å². The number of fused-ring (bicyclic) bond motifs is 3. The predicted molar refractivity (Wildman–Crippen MR) is 163 cm³/mol. The molecule has 1 atom stereocenters. The van der Waals surface area contributed by atoms with Gasteiger partial charge in [0.25, 0.3) is 0 Å². The monoisotopic (exact) mass is 534 g/mol. The molecule has 0 bridgehead atoms. The van der Waals surface area contributed by atoms with E-state index in [1.807, 2.05) is 6.92 Å². The Balaban J connectivity index is 1.49. The van der Waals surface area contributed by atoms with E-state index >= 15 is 0 Å². The van der Waals surface area contributed by atoms with Crippen molar-refractivity contribution in [1.82, 2.24) is 9.55 Å². The molecule has 0 saturated heterocycles. The quantitative estimate of drug-likeness (QED) is 0.247. The molecule has 3 aliphatic rings. The lowest BCUT2D eigenvalue weighted by Crippen LogP contribution is -2.21. The number of nitrogens with one attached hydrogen (secondary N) is 2. The number of benzene rings is 3. The first-order valence-electron chi connectivity index (χ1n) is 15.0. The van der Waals surface area contributed by atoms with Gasteiger partial charge in [-0.25, -0.2) is 9.78 Å². The van der Waals surface area contributed by atoms with Gasteiger partial charge >= 0.3 is 5.97 Å². The van der Waals surface area contributed by atoms with Crippen LogP contribution in [-0.4, -0.2) is 33.2 Å². The third kappa shape index (κ3) is 4.25. The van der Waals surface area contributed by atoms with E-state index in [1.165, 1.54) is 36.1 Å². The molecule has 7 rings (SSSR count). The van der Waals surface area contributed by atoms with Gasteiger partial charge in [-0.3, -0.25) is 0 Å². The minimum atomic E-state index is -0.895. The molecule has 3 heterocycles. The Morgan fingerprint density at radius 2 is 1.68 bits per heavy atom. The number of aromatic nitrogens is 2. The molecule has 0 spiro atoms. The third-order valence-corrected chi connectivity index (χ3v) is 9.28. The first kappa shape index (κ1) is 25.2. The lowest BCUT2D eigenvalue weighted by molar-refractivity contribution is 0.0697. The zero-order valence-corrected chi connectivity index (χ0v) is 23.5. The maximum atomic E-state index is 12.7. The standard InChI is InChI=1S/C34H38N4O2/c1-20-17-29-32(31(30(20)34(39)40)24-12-14-27-22(18-24)7-6-16-35-27)37-33(38(29)26-8-4-3-5-9-26)25-13-15-28-23(19-25)11-10-21(2)36-28/h12-15,17-19,21,26,35-36H,3-11,16H2,1-2H3,(H,39,40). The van der Waals surface area contributed by atoms with E-state index < -0.39 is 5.97 Å². The summed E-state index contributed by atoms with van der Waals surface area (Å²) in [6.07, 6.45) is 10.2. The molecule has 1 aliphatic carbocycles. The second-order valence-corrected chi connectivity index (χ2v) is 12.1. The minimum absolute atomic E-state index is 0.360. The van der Waals surface area contributed by atoms with Crippen molar-refractivity contribution in [2.45, 2.75) is 83.7 Å². The molecular weight excluding hydrogens is 496 g/mol. The first-order chi connectivity index (χ1) is 19.5. The van der Waals surface area contributed by atoms with Gasteiger partial charge in [0.05, 0.1) is 16.6 Å². The lowest BCUT2D eigenvalue weighted by Gasteiger charge is -2.27. The van der Waals surface area contributed by atoms with E-state index in [2.05, 4.69) is 64.6 Å². The number of rotatable bonds is 4. The molecule has 206 valence electrons. The average Bonchev–Trinajstić information content (AvgIpc) is 3.35. The van der Waals surface area contributed by atoms with Crippen LogP contribution in [-0.2, 0) is 12.8 Å². The van der Waals surface area contributed by atoms with Crippen LogP contribution in [0, 0.1) is 6.92 Å². The van der Waals surface area contributed by atoms with Crippen LogP contribution in [0.1, 0.15) is 85.0 Å². The molecule has 40 heavy (non-hydrogen) atoms. The Hall–Kier alpha value is -3.80. The number of carbonyl (C=O) groups is 1. The van der Waals surface area contributed by atoms with Gasteiger partial charge in [0.2, 0.25) is 0 Å². The summed E-state index contributed by atoms with van der Waals surface area (Å²) in [6, 6.07) is 16.0. The molecule has 6 nitrogen and oxygen atoms in total. The molecule has 1 fully saturated rings. The summed E-state index contributed by atoms with van der Waals surface area (Å²) in [5.74, 6) is 0.0686. The van der Waals surface area contributed by atoms with Gasteiger partial charge in [0.1, 0.15) is 5.82 Å². The third-order valence-electron chi connectivity index (χ3n) is 9.28. The summed E-state index contributed by atoms with van der Waals surface area (Å²) in [7, 11) is 0. The van der Waals surface area contributed by atoms with Crippen molar-refractivity contribution in [3.8, 4) is 22.5 Å². The van der Waals surface area contributed by atoms with Gasteiger partial charge < -0.3 is 20.3 Å². The number of aryl methyl sites for hydroxylation is 3. The van der Waals surface area contributed by atoms with E-state index in [9.17, 15) is 9.90 Å². The Bertz CT molecular complexity index is 1630. The highest BCUT2D eigenvalue weighted by Crippen LogP contribution is 2.42. The second-order valence-electron chi connectivity index (χ2n) is 12.1. The zero-order chi connectivity index (χ0) is 27.4. The highest BCUT2D eigenvalue weighted by molar-refractivity contribution is 6.08. The highest BCUT2D eigenvalue weighted by Gasteiger charge is 2.28. The number of imidazole rings is 1. The number of carboxylic acids is 1.